The van der Waals surface area contributed by atoms with E-state index in [1.807, 2.05) is 72.8 Å². The Morgan fingerprint density at radius 2 is 1.71 bits per heavy atom. The second-order valence-corrected chi connectivity index (χ2v) is 10.3. The molecular weight excluding hydrogens is 496 g/mol. The first kappa shape index (κ1) is 25.8. The predicted octanol–water partition coefficient (Wildman–Crippen LogP) is 4.76. The summed E-state index contributed by atoms with van der Waals surface area (Å²) in [5, 5.41) is 14.4. The van der Waals surface area contributed by atoms with Crippen LogP contribution in [0.3, 0.4) is 0 Å². The van der Waals surface area contributed by atoms with E-state index in [4.69, 9.17) is 12.2 Å². The molecule has 2 amide bonds. The number of fused-ring (bicyclic) bond motifs is 3. The fourth-order valence-electron chi connectivity index (χ4n) is 5.71. The lowest BCUT2D eigenvalue weighted by Crippen LogP contribution is -2.56. The largest absolute Gasteiger partial charge is 0.480 e. The number of benzene rings is 3. The average Bonchev–Trinajstić information content (AvgIpc) is 3.06. The molecule has 0 aliphatic carbocycles. The van der Waals surface area contributed by atoms with Gasteiger partial charge in [0.05, 0.1) is 12.0 Å². The normalized spacial score (nSPS) is 21.4. The minimum atomic E-state index is -1.02. The lowest BCUT2D eigenvalue weighted by molar-refractivity contribution is -0.156. The van der Waals surface area contributed by atoms with Crippen molar-refractivity contribution in [3.63, 3.8) is 0 Å². The Bertz CT molecular complexity index is 1340. The summed E-state index contributed by atoms with van der Waals surface area (Å²) < 4.78 is 0. The Morgan fingerprint density at radius 3 is 2.39 bits per heavy atom. The smallest absolute Gasteiger partial charge is 0.326 e. The molecule has 0 aromatic heterocycles. The van der Waals surface area contributed by atoms with Gasteiger partial charge >= 0.3 is 5.97 Å². The van der Waals surface area contributed by atoms with Crippen LogP contribution in [0, 0.1) is 5.92 Å². The van der Waals surface area contributed by atoms with Crippen LogP contribution in [-0.2, 0) is 27.2 Å². The molecule has 0 unspecified atom stereocenters. The van der Waals surface area contributed by atoms with Crippen LogP contribution in [0.5, 0.6) is 0 Å². The van der Waals surface area contributed by atoms with Gasteiger partial charge in [-0.2, -0.15) is 0 Å². The van der Waals surface area contributed by atoms with Gasteiger partial charge in [0, 0.05) is 6.42 Å². The zero-order chi connectivity index (χ0) is 26.6. The van der Waals surface area contributed by atoms with Crippen LogP contribution >= 0.6 is 12.2 Å². The topological polar surface area (TPSA) is 86.7 Å². The van der Waals surface area contributed by atoms with E-state index in [0.29, 0.717) is 32.1 Å². The van der Waals surface area contributed by atoms with Gasteiger partial charge in [0.2, 0.25) is 11.8 Å². The number of amides is 2. The van der Waals surface area contributed by atoms with Crippen LogP contribution in [0.4, 0.5) is 0 Å². The number of hydrogen-bond acceptors (Lipinski definition) is 4. The Labute approximate surface area is 227 Å². The summed E-state index contributed by atoms with van der Waals surface area (Å²) in [4.78, 5) is 41.0. The Balaban J connectivity index is 1.49. The molecule has 1 saturated heterocycles. The molecule has 1 fully saturated rings. The molecule has 194 valence electrons. The van der Waals surface area contributed by atoms with Crippen molar-refractivity contribution in [3.05, 3.63) is 95.6 Å². The van der Waals surface area contributed by atoms with E-state index >= 15 is 0 Å². The van der Waals surface area contributed by atoms with Gasteiger partial charge in [0.25, 0.3) is 0 Å². The molecule has 6 nitrogen and oxygen atoms in total. The monoisotopic (exact) mass is 526 g/mol. The molecule has 4 atom stereocenters. The van der Waals surface area contributed by atoms with Gasteiger partial charge in [0.1, 0.15) is 12.1 Å². The molecule has 0 radical (unpaired) electrons. The summed E-state index contributed by atoms with van der Waals surface area (Å²) in [6.07, 6.45) is 2.50. The minimum absolute atomic E-state index is 0.295. The Kier molecular flexibility index (Phi) is 7.65. The quantitative estimate of drug-likeness (QED) is 0.434. The fourth-order valence-corrected chi connectivity index (χ4v) is 5.93. The number of carbonyl (C=O) groups is 3. The van der Waals surface area contributed by atoms with E-state index in [1.165, 1.54) is 10.3 Å². The zero-order valence-electron chi connectivity index (χ0n) is 21.0. The standard InChI is InChI=1S/C31H30N2O4S/c34-29(24(19-38)16-20-8-3-1-4-9-20)32-26-18-23-15-14-22(21-10-5-2-6-11-21)17-25(23)27-12-7-13-28(31(36)37)33(27)30(26)35/h1-6,8-11,14-15,17,19,24,26-28H,7,12-13,16,18H2,(H,32,34)(H,36,37)/t24-,26+,27-,28+/m1/s1. The summed E-state index contributed by atoms with van der Waals surface area (Å²) in [5.74, 6) is -2.28. The second-order valence-electron chi connectivity index (χ2n) is 10.0. The molecule has 0 bridgehead atoms. The molecule has 2 N–H and O–H groups in total. The minimum Gasteiger partial charge on any atom is -0.480 e. The third kappa shape index (κ3) is 5.24. The molecule has 0 spiro atoms. The SMILES string of the molecule is O=C(N[C@H]1Cc2ccc(-c3ccccc3)cc2[C@H]2CCC[C@@H](C(=O)O)N2C1=O)[C@@H](C=S)Cc1ccccc1. The number of rotatable bonds is 7. The van der Waals surface area contributed by atoms with Crippen molar-refractivity contribution in [2.75, 3.05) is 0 Å². The molecule has 3 aromatic carbocycles. The van der Waals surface area contributed by atoms with Crippen molar-refractivity contribution >= 4 is 35.4 Å². The number of thiocarbonyl (C=S) groups is 1. The maximum atomic E-state index is 13.9. The average molecular weight is 527 g/mol. The van der Waals surface area contributed by atoms with E-state index in [0.717, 1.165) is 27.8 Å². The van der Waals surface area contributed by atoms with Gasteiger partial charge in [-0.1, -0.05) is 85.0 Å². The maximum Gasteiger partial charge on any atom is 0.326 e. The van der Waals surface area contributed by atoms with Gasteiger partial charge < -0.3 is 15.3 Å². The molecule has 7 heteroatoms. The van der Waals surface area contributed by atoms with Gasteiger partial charge in [-0.15, -0.1) is 0 Å². The third-order valence-electron chi connectivity index (χ3n) is 7.62. The first-order valence-electron chi connectivity index (χ1n) is 13.0. The van der Waals surface area contributed by atoms with Crippen molar-refractivity contribution in [1.82, 2.24) is 10.2 Å². The van der Waals surface area contributed by atoms with Crippen molar-refractivity contribution < 1.29 is 19.5 Å². The Hall–Kier alpha value is -3.84. The van der Waals surface area contributed by atoms with Crippen LogP contribution in [0.1, 0.15) is 42.0 Å². The van der Waals surface area contributed by atoms with Crippen molar-refractivity contribution in [2.24, 2.45) is 5.92 Å². The molecular formula is C31H30N2O4S. The summed E-state index contributed by atoms with van der Waals surface area (Å²) in [6.45, 7) is 0. The first-order valence-corrected chi connectivity index (χ1v) is 13.5. The summed E-state index contributed by atoms with van der Waals surface area (Å²) in [7, 11) is 0. The van der Waals surface area contributed by atoms with Gasteiger partial charge in [-0.3, -0.25) is 9.59 Å². The van der Waals surface area contributed by atoms with E-state index in [9.17, 15) is 19.5 Å². The van der Waals surface area contributed by atoms with Crippen molar-refractivity contribution in [1.29, 1.82) is 0 Å². The van der Waals surface area contributed by atoms with E-state index in [1.54, 1.807) is 0 Å². The zero-order valence-corrected chi connectivity index (χ0v) is 21.8. The summed E-state index contributed by atoms with van der Waals surface area (Å²) >= 11 is 5.18. The predicted molar refractivity (Wildman–Crippen MR) is 150 cm³/mol. The lowest BCUT2D eigenvalue weighted by Gasteiger charge is -2.40. The van der Waals surface area contributed by atoms with Crippen LogP contribution in [0.15, 0.2) is 78.9 Å². The first-order chi connectivity index (χ1) is 18.5. The Morgan fingerprint density at radius 1 is 1.00 bits per heavy atom. The number of carboxylic acid groups (broad SMARTS) is 1. The van der Waals surface area contributed by atoms with Crippen molar-refractivity contribution in [2.45, 2.75) is 50.2 Å². The number of nitrogens with zero attached hydrogens (tertiary/aromatic N) is 1. The number of carbonyl (C=O) groups excluding carboxylic acids is 2. The van der Waals surface area contributed by atoms with Gasteiger partial charge in [-0.05, 0) is 64.9 Å². The highest BCUT2D eigenvalue weighted by Gasteiger charge is 2.45. The van der Waals surface area contributed by atoms with Crippen LogP contribution in [-0.4, -0.2) is 45.2 Å². The highest BCUT2D eigenvalue weighted by atomic mass is 32.1. The summed E-state index contributed by atoms with van der Waals surface area (Å²) in [6, 6.07) is 23.5. The summed E-state index contributed by atoms with van der Waals surface area (Å²) in [5.41, 5.74) is 4.95. The van der Waals surface area contributed by atoms with Crippen LogP contribution in [0.25, 0.3) is 11.1 Å². The van der Waals surface area contributed by atoms with Crippen LogP contribution in [0.2, 0.25) is 0 Å². The van der Waals surface area contributed by atoms with Gasteiger partial charge in [-0.25, -0.2) is 4.79 Å². The molecule has 38 heavy (non-hydrogen) atoms. The highest BCUT2D eigenvalue weighted by Crippen LogP contribution is 2.41. The molecule has 2 aliphatic rings. The lowest BCUT2D eigenvalue weighted by atomic mass is 9.87. The molecule has 3 aromatic rings. The third-order valence-corrected chi connectivity index (χ3v) is 7.94. The molecule has 2 aliphatic heterocycles. The van der Waals surface area contributed by atoms with E-state index in [-0.39, 0.29) is 17.9 Å². The number of nitrogens with one attached hydrogen (secondary N) is 1. The van der Waals surface area contributed by atoms with Crippen LogP contribution < -0.4 is 5.32 Å². The fraction of sp³-hybridized carbons (Fsp3) is 0.290. The van der Waals surface area contributed by atoms with E-state index < -0.39 is 24.0 Å². The highest BCUT2D eigenvalue weighted by molar-refractivity contribution is 7.79. The van der Waals surface area contributed by atoms with E-state index in [2.05, 4.69) is 11.4 Å². The molecule has 0 saturated carbocycles. The van der Waals surface area contributed by atoms with Gasteiger partial charge in [0.15, 0.2) is 0 Å². The second kappa shape index (κ2) is 11.3. The van der Waals surface area contributed by atoms with Crippen molar-refractivity contribution in [3.8, 4) is 11.1 Å². The number of carboxylic acids is 1. The molecule has 5 rings (SSSR count). The molecule has 2 heterocycles. The number of piperidine rings is 1. The number of aliphatic carboxylic acids is 1. The number of hydrogen-bond donors (Lipinski definition) is 2. The maximum absolute atomic E-state index is 13.9.